The molecule has 2 aromatic carbocycles. The van der Waals surface area contributed by atoms with E-state index in [0.29, 0.717) is 5.95 Å². The van der Waals surface area contributed by atoms with Gasteiger partial charge in [-0.25, -0.2) is 14.4 Å². The minimum absolute atomic E-state index is 0.250. The number of benzene rings is 2. The molecule has 4 nitrogen and oxygen atoms in total. The molecule has 0 fully saturated rings. The number of rotatable bonds is 5. The van der Waals surface area contributed by atoms with E-state index in [1.54, 1.807) is 24.5 Å². The average molecular weight is 332 g/mol. The van der Waals surface area contributed by atoms with Crippen LogP contribution in [-0.4, -0.2) is 21.5 Å². The second kappa shape index (κ2) is 6.73. The lowest BCUT2D eigenvalue weighted by atomic mass is 10.1. The fourth-order valence-corrected chi connectivity index (χ4v) is 2.86. The summed E-state index contributed by atoms with van der Waals surface area (Å²) in [6.07, 6.45) is 6.42. The molecular weight excluding hydrogens is 315 g/mol. The van der Waals surface area contributed by atoms with Crippen molar-refractivity contribution in [2.45, 2.75) is 6.42 Å². The van der Waals surface area contributed by atoms with Gasteiger partial charge < -0.3 is 10.3 Å². The van der Waals surface area contributed by atoms with Crippen molar-refractivity contribution in [3.05, 3.63) is 78.5 Å². The molecule has 2 aromatic heterocycles. The van der Waals surface area contributed by atoms with Crippen molar-refractivity contribution in [3.8, 4) is 11.1 Å². The maximum atomic E-state index is 13.0. The second-order valence-corrected chi connectivity index (χ2v) is 5.84. The number of aromatic nitrogens is 3. The minimum atomic E-state index is -0.250. The molecule has 2 heterocycles. The zero-order valence-corrected chi connectivity index (χ0v) is 13.5. The molecule has 0 amide bonds. The van der Waals surface area contributed by atoms with E-state index in [1.807, 2.05) is 18.3 Å². The van der Waals surface area contributed by atoms with E-state index >= 15 is 0 Å². The van der Waals surface area contributed by atoms with Crippen molar-refractivity contribution in [2.24, 2.45) is 0 Å². The number of aromatic amines is 1. The molecular formula is C20H17FN4. The molecule has 0 bridgehead atoms. The van der Waals surface area contributed by atoms with E-state index in [9.17, 15) is 4.39 Å². The molecule has 4 aromatic rings. The lowest BCUT2D eigenvalue weighted by Crippen LogP contribution is -2.07. The number of fused-ring (bicyclic) bond motifs is 1. The highest BCUT2D eigenvalue weighted by atomic mass is 19.1. The van der Waals surface area contributed by atoms with Crippen LogP contribution in [0.5, 0.6) is 0 Å². The SMILES string of the molecule is Fc1ccc(-c2cnc(NCCc3c[nH]c4ccccc34)nc2)cc1. The van der Waals surface area contributed by atoms with Crippen molar-refractivity contribution in [3.63, 3.8) is 0 Å². The van der Waals surface area contributed by atoms with Gasteiger partial charge in [-0.05, 0) is 35.7 Å². The second-order valence-electron chi connectivity index (χ2n) is 5.84. The van der Waals surface area contributed by atoms with Gasteiger partial charge in [-0.1, -0.05) is 30.3 Å². The molecule has 0 spiro atoms. The van der Waals surface area contributed by atoms with Gasteiger partial charge in [-0.2, -0.15) is 0 Å². The van der Waals surface area contributed by atoms with Crippen LogP contribution < -0.4 is 5.32 Å². The number of hydrogen-bond donors (Lipinski definition) is 2. The average Bonchev–Trinajstić information content (AvgIpc) is 3.06. The lowest BCUT2D eigenvalue weighted by Gasteiger charge is -2.06. The number of nitrogens with zero attached hydrogens (tertiary/aromatic N) is 2. The molecule has 0 atom stereocenters. The summed E-state index contributed by atoms with van der Waals surface area (Å²) in [7, 11) is 0. The van der Waals surface area contributed by atoms with Crippen LogP contribution in [-0.2, 0) is 6.42 Å². The zero-order chi connectivity index (χ0) is 17.1. The smallest absolute Gasteiger partial charge is 0.222 e. The lowest BCUT2D eigenvalue weighted by molar-refractivity contribution is 0.628. The molecule has 4 rings (SSSR count). The van der Waals surface area contributed by atoms with Gasteiger partial charge in [0.05, 0.1) is 0 Å². The number of H-pyrrole nitrogens is 1. The molecule has 0 aliphatic carbocycles. The van der Waals surface area contributed by atoms with Crippen LogP contribution in [0.25, 0.3) is 22.0 Å². The van der Waals surface area contributed by atoms with E-state index in [0.717, 1.165) is 29.6 Å². The van der Waals surface area contributed by atoms with Gasteiger partial charge in [0.25, 0.3) is 0 Å². The Bertz CT molecular complexity index is 975. The van der Waals surface area contributed by atoms with E-state index in [1.165, 1.54) is 23.1 Å². The fraction of sp³-hybridized carbons (Fsp3) is 0.100. The third kappa shape index (κ3) is 3.35. The fourth-order valence-electron chi connectivity index (χ4n) is 2.86. The molecule has 124 valence electrons. The molecule has 0 radical (unpaired) electrons. The van der Waals surface area contributed by atoms with E-state index in [-0.39, 0.29) is 5.82 Å². The first-order valence-electron chi connectivity index (χ1n) is 8.16. The predicted octanol–water partition coefficient (Wildman–Crippen LogP) is 4.42. The van der Waals surface area contributed by atoms with Crippen LogP contribution in [0, 0.1) is 5.82 Å². The highest BCUT2D eigenvalue weighted by molar-refractivity contribution is 5.83. The third-order valence-corrected chi connectivity index (χ3v) is 4.18. The highest BCUT2D eigenvalue weighted by Crippen LogP contribution is 2.19. The maximum absolute atomic E-state index is 13.0. The van der Waals surface area contributed by atoms with Gasteiger partial charge in [0.2, 0.25) is 5.95 Å². The summed E-state index contributed by atoms with van der Waals surface area (Å²) in [5.74, 6) is 0.339. The Morgan fingerprint density at radius 3 is 2.48 bits per heavy atom. The third-order valence-electron chi connectivity index (χ3n) is 4.18. The normalized spacial score (nSPS) is 10.9. The molecule has 0 saturated heterocycles. The molecule has 0 aliphatic heterocycles. The number of hydrogen-bond acceptors (Lipinski definition) is 3. The molecule has 5 heteroatoms. The van der Waals surface area contributed by atoms with Crippen LogP contribution in [0.2, 0.25) is 0 Å². The Kier molecular flexibility index (Phi) is 4.12. The van der Waals surface area contributed by atoms with Gasteiger partial charge in [-0.3, -0.25) is 0 Å². The summed E-state index contributed by atoms with van der Waals surface area (Å²) in [6.45, 7) is 0.748. The Labute approximate surface area is 144 Å². The largest absolute Gasteiger partial charge is 0.361 e. The summed E-state index contributed by atoms with van der Waals surface area (Å²) in [4.78, 5) is 12.0. The van der Waals surface area contributed by atoms with Crippen molar-refractivity contribution in [1.29, 1.82) is 0 Å². The Morgan fingerprint density at radius 1 is 0.920 bits per heavy atom. The number of para-hydroxylation sites is 1. The van der Waals surface area contributed by atoms with Gasteiger partial charge in [0.15, 0.2) is 0 Å². The monoisotopic (exact) mass is 332 g/mol. The summed E-state index contributed by atoms with van der Waals surface area (Å²) >= 11 is 0. The Hall–Kier alpha value is -3.21. The summed E-state index contributed by atoms with van der Waals surface area (Å²) in [5.41, 5.74) is 4.18. The van der Waals surface area contributed by atoms with Crippen molar-refractivity contribution in [2.75, 3.05) is 11.9 Å². The first-order valence-corrected chi connectivity index (χ1v) is 8.16. The quantitative estimate of drug-likeness (QED) is 0.569. The van der Waals surface area contributed by atoms with Gasteiger partial charge in [0.1, 0.15) is 5.82 Å². The summed E-state index contributed by atoms with van der Waals surface area (Å²) < 4.78 is 13.0. The number of nitrogens with one attached hydrogen (secondary N) is 2. The predicted molar refractivity (Wildman–Crippen MR) is 97.9 cm³/mol. The van der Waals surface area contributed by atoms with Crippen LogP contribution in [0.1, 0.15) is 5.56 Å². The molecule has 0 saturated carbocycles. The van der Waals surface area contributed by atoms with Gasteiger partial charge >= 0.3 is 0 Å². The Morgan fingerprint density at radius 2 is 1.68 bits per heavy atom. The zero-order valence-electron chi connectivity index (χ0n) is 13.5. The maximum Gasteiger partial charge on any atom is 0.222 e. The Balaban J connectivity index is 1.39. The van der Waals surface area contributed by atoms with Crippen molar-refractivity contribution < 1.29 is 4.39 Å². The van der Waals surface area contributed by atoms with E-state index < -0.39 is 0 Å². The number of halogens is 1. The summed E-state index contributed by atoms with van der Waals surface area (Å²) in [6, 6.07) is 14.6. The van der Waals surface area contributed by atoms with E-state index in [4.69, 9.17) is 0 Å². The van der Waals surface area contributed by atoms with Crippen LogP contribution in [0.4, 0.5) is 10.3 Å². The molecule has 0 unspecified atom stereocenters. The molecule has 0 aliphatic rings. The number of anilines is 1. The highest BCUT2D eigenvalue weighted by Gasteiger charge is 2.04. The van der Waals surface area contributed by atoms with Crippen molar-refractivity contribution >= 4 is 16.9 Å². The van der Waals surface area contributed by atoms with Crippen LogP contribution >= 0.6 is 0 Å². The molecule has 2 N–H and O–H groups in total. The van der Waals surface area contributed by atoms with Crippen molar-refractivity contribution in [1.82, 2.24) is 15.0 Å². The minimum Gasteiger partial charge on any atom is -0.361 e. The topological polar surface area (TPSA) is 53.6 Å². The first-order chi connectivity index (χ1) is 12.3. The standard InChI is InChI=1S/C20H17FN4/c21-17-7-5-14(6-8-17)16-12-24-20(25-13-16)22-10-9-15-11-23-19-4-2-1-3-18(15)19/h1-8,11-13,23H,9-10H2,(H,22,24,25). The molecule has 25 heavy (non-hydrogen) atoms. The van der Waals surface area contributed by atoms with E-state index in [2.05, 4.69) is 32.4 Å². The van der Waals surface area contributed by atoms with Gasteiger partial charge in [-0.15, -0.1) is 0 Å². The van der Waals surface area contributed by atoms with Gasteiger partial charge in [0, 0.05) is 41.6 Å². The van der Waals surface area contributed by atoms with Crippen LogP contribution in [0.3, 0.4) is 0 Å². The van der Waals surface area contributed by atoms with Crippen LogP contribution in [0.15, 0.2) is 67.1 Å². The summed E-state index contributed by atoms with van der Waals surface area (Å²) in [5, 5.41) is 4.49. The first kappa shape index (κ1) is 15.3.